The molecule has 138 valence electrons. The van der Waals surface area contributed by atoms with E-state index >= 15 is 0 Å². The van der Waals surface area contributed by atoms with E-state index in [4.69, 9.17) is 40.2 Å². The molecule has 1 aliphatic rings. The van der Waals surface area contributed by atoms with Crippen LogP contribution in [0.15, 0.2) is 42.5 Å². The van der Waals surface area contributed by atoms with Gasteiger partial charge in [-0.2, -0.15) is 0 Å². The Hall–Kier alpha value is -1.53. The summed E-state index contributed by atoms with van der Waals surface area (Å²) in [5, 5.41) is 14.9. The maximum absolute atomic E-state index is 10.1. The molecule has 0 spiro atoms. The summed E-state index contributed by atoms with van der Waals surface area (Å²) in [5.41, 5.74) is 1.49. The first-order chi connectivity index (χ1) is 12.5. The molecule has 0 radical (unpaired) electrons. The molecule has 0 aromatic heterocycles. The first-order valence-corrected chi connectivity index (χ1v) is 9.59. The van der Waals surface area contributed by atoms with Crippen molar-refractivity contribution in [1.29, 1.82) is 0 Å². The van der Waals surface area contributed by atoms with Gasteiger partial charge in [0.25, 0.3) is 0 Å². The van der Waals surface area contributed by atoms with Gasteiger partial charge in [0.2, 0.25) is 0 Å². The van der Waals surface area contributed by atoms with Crippen molar-refractivity contribution in [3.8, 4) is 5.75 Å². The minimum absolute atomic E-state index is 0.126. The Morgan fingerprint density at radius 1 is 1.27 bits per heavy atom. The van der Waals surface area contributed by atoms with Gasteiger partial charge < -0.3 is 20.1 Å². The van der Waals surface area contributed by atoms with Gasteiger partial charge >= 0.3 is 0 Å². The van der Waals surface area contributed by atoms with Crippen LogP contribution in [0.5, 0.6) is 5.75 Å². The monoisotopic (exact) mass is 410 g/mol. The van der Waals surface area contributed by atoms with Crippen LogP contribution in [0.2, 0.25) is 10.0 Å². The van der Waals surface area contributed by atoms with E-state index in [1.807, 2.05) is 17.0 Å². The zero-order valence-electron chi connectivity index (χ0n) is 14.1. The Morgan fingerprint density at radius 2 is 2.08 bits per heavy atom. The summed E-state index contributed by atoms with van der Waals surface area (Å²) < 4.78 is 5.76. The summed E-state index contributed by atoms with van der Waals surface area (Å²) in [4.78, 5) is 1.99. The van der Waals surface area contributed by atoms with Gasteiger partial charge in [-0.25, -0.2) is 0 Å². The predicted octanol–water partition coefficient (Wildman–Crippen LogP) is 5.08. The lowest BCUT2D eigenvalue weighted by atomic mass is 10.1. The predicted molar refractivity (Wildman–Crippen MR) is 110 cm³/mol. The van der Waals surface area contributed by atoms with Crippen LogP contribution < -0.4 is 5.32 Å². The number of ether oxygens (including phenoxy) is 1. The SMILES string of the molecule is Oc1ccccc1CN(CC1CCCO1)C(=S)Nc1ccc(Cl)cc1Cl. The van der Waals surface area contributed by atoms with Crippen LogP contribution in [0.25, 0.3) is 0 Å². The summed E-state index contributed by atoms with van der Waals surface area (Å²) in [5.74, 6) is 0.247. The Labute approximate surface area is 168 Å². The lowest BCUT2D eigenvalue weighted by Crippen LogP contribution is -2.39. The largest absolute Gasteiger partial charge is 0.508 e. The number of phenols is 1. The highest BCUT2D eigenvalue weighted by atomic mass is 35.5. The highest BCUT2D eigenvalue weighted by Crippen LogP contribution is 2.27. The Kier molecular flexibility index (Phi) is 6.59. The summed E-state index contributed by atoms with van der Waals surface area (Å²) in [7, 11) is 0. The average Bonchev–Trinajstić information content (AvgIpc) is 3.12. The minimum Gasteiger partial charge on any atom is -0.508 e. The number of phenolic OH excluding ortho intramolecular Hbond substituents is 1. The van der Waals surface area contributed by atoms with Crippen molar-refractivity contribution in [3.05, 3.63) is 58.1 Å². The molecule has 2 N–H and O–H groups in total. The van der Waals surface area contributed by atoms with Crippen molar-refractivity contribution < 1.29 is 9.84 Å². The van der Waals surface area contributed by atoms with Gasteiger partial charge in [-0.15, -0.1) is 0 Å². The second kappa shape index (κ2) is 8.91. The van der Waals surface area contributed by atoms with Gasteiger partial charge in [-0.05, 0) is 49.3 Å². The average molecular weight is 411 g/mol. The number of rotatable bonds is 5. The maximum atomic E-state index is 10.1. The summed E-state index contributed by atoms with van der Waals surface area (Å²) in [6.45, 7) is 1.90. The highest BCUT2D eigenvalue weighted by molar-refractivity contribution is 7.80. The Morgan fingerprint density at radius 3 is 2.77 bits per heavy atom. The third-order valence-corrected chi connectivity index (χ3v) is 5.17. The molecule has 7 heteroatoms. The summed E-state index contributed by atoms with van der Waals surface area (Å²) in [6, 6.07) is 12.5. The number of thiocarbonyl (C=S) groups is 1. The molecule has 1 atom stereocenters. The van der Waals surface area contributed by atoms with Crippen molar-refractivity contribution >= 4 is 46.2 Å². The smallest absolute Gasteiger partial charge is 0.173 e. The molecule has 1 heterocycles. The Balaban J connectivity index is 1.76. The molecule has 3 rings (SSSR count). The third-order valence-electron chi connectivity index (χ3n) is 4.26. The number of hydrogen-bond acceptors (Lipinski definition) is 3. The Bertz CT molecular complexity index is 782. The topological polar surface area (TPSA) is 44.7 Å². The molecule has 0 amide bonds. The second-order valence-corrected chi connectivity index (χ2v) is 7.43. The standard InChI is InChI=1S/C19H20Cl2N2O2S/c20-14-7-8-17(16(21)10-14)22-19(26)23(12-15-5-3-9-25-15)11-13-4-1-2-6-18(13)24/h1-2,4,6-8,10,15,24H,3,5,9,11-12H2,(H,22,26). The number of benzene rings is 2. The zero-order chi connectivity index (χ0) is 18.5. The molecule has 4 nitrogen and oxygen atoms in total. The fourth-order valence-electron chi connectivity index (χ4n) is 2.89. The maximum Gasteiger partial charge on any atom is 0.173 e. The number of aromatic hydroxyl groups is 1. The van der Waals surface area contributed by atoms with Crippen LogP contribution in [0.3, 0.4) is 0 Å². The van der Waals surface area contributed by atoms with Gasteiger partial charge in [-0.3, -0.25) is 0 Å². The van der Waals surface area contributed by atoms with Crippen molar-refractivity contribution in [1.82, 2.24) is 4.90 Å². The molecule has 2 aromatic carbocycles. The fourth-order valence-corrected chi connectivity index (χ4v) is 3.59. The van der Waals surface area contributed by atoms with Gasteiger partial charge in [0.1, 0.15) is 5.75 Å². The van der Waals surface area contributed by atoms with Crippen LogP contribution in [0, 0.1) is 0 Å². The number of halogens is 2. The zero-order valence-corrected chi connectivity index (χ0v) is 16.4. The fraction of sp³-hybridized carbons (Fsp3) is 0.316. The minimum atomic E-state index is 0.126. The normalized spacial score (nSPS) is 16.5. The van der Waals surface area contributed by atoms with Crippen molar-refractivity contribution in [2.24, 2.45) is 0 Å². The number of para-hydroxylation sites is 1. The van der Waals surface area contributed by atoms with Crippen molar-refractivity contribution in [3.63, 3.8) is 0 Å². The number of anilines is 1. The van der Waals surface area contributed by atoms with E-state index in [1.165, 1.54) is 0 Å². The first kappa shape index (κ1) is 19.2. The number of nitrogens with zero attached hydrogens (tertiary/aromatic N) is 1. The second-order valence-electron chi connectivity index (χ2n) is 6.20. The molecule has 1 fully saturated rings. The summed E-state index contributed by atoms with van der Waals surface area (Å²) >= 11 is 17.8. The molecular weight excluding hydrogens is 391 g/mol. The lowest BCUT2D eigenvalue weighted by molar-refractivity contribution is 0.0904. The van der Waals surface area contributed by atoms with E-state index < -0.39 is 0 Å². The van der Waals surface area contributed by atoms with Crippen molar-refractivity contribution in [2.45, 2.75) is 25.5 Å². The molecule has 1 aliphatic heterocycles. The molecule has 2 aromatic rings. The number of hydrogen-bond donors (Lipinski definition) is 2. The quantitative estimate of drug-likeness (QED) is 0.672. The molecule has 1 saturated heterocycles. The van der Waals surface area contributed by atoms with Crippen LogP contribution in [0.4, 0.5) is 5.69 Å². The molecule has 26 heavy (non-hydrogen) atoms. The van der Waals surface area contributed by atoms with Gasteiger partial charge in [0.15, 0.2) is 5.11 Å². The van der Waals surface area contributed by atoms with E-state index in [9.17, 15) is 5.11 Å². The van der Waals surface area contributed by atoms with Gasteiger partial charge in [0.05, 0.1) is 16.8 Å². The number of nitrogens with one attached hydrogen (secondary N) is 1. The highest BCUT2D eigenvalue weighted by Gasteiger charge is 2.22. The molecular formula is C19H20Cl2N2O2S. The lowest BCUT2D eigenvalue weighted by Gasteiger charge is -2.29. The van der Waals surface area contributed by atoms with E-state index in [1.54, 1.807) is 30.3 Å². The van der Waals surface area contributed by atoms with Crippen LogP contribution in [-0.4, -0.2) is 34.4 Å². The van der Waals surface area contributed by atoms with Crippen LogP contribution in [-0.2, 0) is 11.3 Å². The van der Waals surface area contributed by atoms with Crippen LogP contribution in [0.1, 0.15) is 18.4 Å². The van der Waals surface area contributed by atoms with Gasteiger partial charge in [-0.1, -0.05) is 41.4 Å². The van der Waals surface area contributed by atoms with E-state index in [0.29, 0.717) is 33.9 Å². The molecule has 0 saturated carbocycles. The summed E-state index contributed by atoms with van der Waals surface area (Å²) in [6.07, 6.45) is 2.18. The van der Waals surface area contributed by atoms with E-state index in [0.717, 1.165) is 25.0 Å². The van der Waals surface area contributed by atoms with Gasteiger partial charge in [0, 0.05) is 30.3 Å². The van der Waals surface area contributed by atoms with Crippen molar-refractivity contribution in [2.75, 3.05) is 18.5 Å². The van der Waals surface area contributed by atoms with Crippen LogP contribution >= 0.6 is 35.4 Å². The third kappa shape index (κ3) is 5.01. The van der Waals surface area contributed by atoms with E-state index in [-0.39, 0.29) is 11.9 Å². The first-order valence-electron chi connectivity index (χ1n) is 8.42. The molecule has 0 bridgehead atoms. The van der Waals surface area contributed by atoms with E-state index in [2.05, 4.69) is 5.32 Å². The molecule has 1 unspecified atom stereocenters. The molecule has 0 aliphatic carbocycles.